The summed E-state index contributed by atoms with van der Waals surface area (Å²) >= 11 is 0. The molecule has 180 valence electrons. The minimum absolute atomic E-state index is 0.424. The summed E-state index contributed by atoms with van der Waals surface area (Å²) in [6.45, 7) is 15.4. The molecule has 0 fully saturated rings. The summed E-state index contributed by atoms with van der Waals surface area (Å²) in [5.41, 5.74) is 10.3. The van der Waals surface area contributed by atoms with Gasteiger partial charge in [-0.05, 0) is 77.3 Å². The molecule has 0 spiro atoms. The van der Waals surface area contributed by atoms with E-state index >= 15 is 0 Å². The number of nitrogens with one attached hydrogen (secondary N) is 1. The summed E-state index contributed by atoms with van der Waals surface area (Å²) in [7, 11) is 1.98. The molecule has 1 aromatic rings. The van der Waals surface area contributed by atoms with E-state index in [4.69, 9.17) is 10.1 Å². The van der Waals surface area contributed by atoms with Crippen LogP contribution < -0.4 is 10.2 Å². The SMILES string of the molecule is CC=C=C(/C=C\C(C)C)c1nc(N(CCC)CCCNC)nnc1C(=C=CCC)C/C=C\C. The maximum absolute atomic E-state index is 5.07. The Labute approximate surface area is 201 Å². The van der Waals surface area contributed by atoms with Crippen LogP contribution in [0.3, 0.4) is 0 Å². The molecule has 0 saturated heterocycles. The van der Waals surface area contributed by atoms with Gasteiger partial charge in [0.1, 0.15) is 11.4 Å². The molecule has 1 heterocycles. The first kappa shape index (κ1) is 28.3. The molecular formula is C28H43N5. The lowest BCUT2D eigenvalue weighted by molar-refractivity contribution is 0.658. The van der Waals surface area contributed by atoms with Crippen molar-refractivity contribution in [2.75, 3.05) is 31.6 Å². The summed E-state index contributed by atoms with van der Waals surface area (Å²) in [6.07, 6.45) is 16.1. The van der Waals surface area contributed by atoms with E-state index in [9.17, 15) is 0 Å². The van der Waals surface area contributed by atoms with E-state index in [1.54, 1.807) is 0 Å². The Balaban J connectivity index is 3.74. The number of nitrogens with zero attached hydrogens (tertiary/aromatic N) is 4. The smallest absolute Gasteiger partial charge is 0.245 e. The van der Waals surface area contributed by atoms with E-state index in [0.717, 1.165) is 67.9 Å². The lowest BCUT2D eigenvalue weighted by Crippen LogP contribution is -2.30. The fraction of sp³-hybridized carbons (Fsp3) is 0.536. The van der Waals surface area contributed by atoms with Crippen LogP contribution >= 0.6 is 0 Å². The molecule has 33 heavy (non-hydrogen) atoms. The Hall–Kier alpha value is -2.71. The fourth-order valence-corrected chi connectivity index (χ4v) is 3.20. The number of anilines is 1. The third-order valence-corrected chi connectivity index (χ3v) is 4.83. The molecule has 1 N–H and O–H groups in total. The van der Waals surface area contributed by atoms with E-state index in [1.807, 2.05) is 33.0 Å². The number of aromatic nitrogens is 3. The van der Waals surface area contributed by atoms with Gasteiger partial charge in [0.05, 0.1) is 0 Å². The Morgan fingerprint density at radius 2 is 1.88 bits per heavy atom. The zero-order valence-corrected chi connectivity index (χ0v) is 21.8. The molecular weight excluding hydrogens is 406 g/mol. The lowest BCUT2D eigenvalue weighted by Gasteiger charge is -2.22. The molecule has 0 atom stereocenters. The molecule has 0 saturated carbocycles. The van der Waals surface area contributed by atoms with Gasteiger partial charge in [-0.2, -0.15) is 0 Å². The molecule has 0 aliphatic carbocycles. The molecule has 1 rings (SSSR count). The van der Waals surface area contributed by atoms with Gasteiger partial charge in [-0.15, -0.1) is 21.7 Å². The van der Waals surface area contributed by atoms with Crippen molar-refractivity contribution < 1.29 is 0 Å². The fourth-order valence-electron chi connectivity index (χ4n) is 3.20. The average molecular weight is 450 g/mol. The van der Waals surface area contributed by atoms with Crippen molar-refractivity contribution in [1.82, 2.24) is 20.5 Å². The maximum atomic E-state index is 5.07. The average Bonchev–Trinajstić information content (AvgIpc) is 2.81. The van der Waals surface area contributed by atoms with E-state index < -0.39 is 0 Å². The maximum Gasteiger partial charge on any atom is 0.245 e. The molecule has 0 unspecified atom stereocenters. The monoisotopic (exact) mass is 449 g/mol. The molecule has 0 amide bonds. The van der Waals surface area contributed by atoms with Gasteiger partial charge in [-0.3, -0.25) is 0 Å². The van der Waals surface area contributed by atoms with Gasteiger partial charge in [-0.1, -0.05) is 45.9 Å². The number of hydrogen-bond acceptors (Lipinski definition) is 5. The Bertz CT molecular complexity index is 895. The summed E-state index contributed by atoms with van der Waals surface area (Å²) in [6, 6.07) is 0. The van der Waals surface area contributed by atoms with Crippen LogP contribution in [0.25, 0.3) is 11.1 Å². The summed E-state index contributed by atoms with van der Waals surface area (Å²) in [5, 5.41) is 12.5. The minimum Gasteiger partial charge on any atom is -0.339 e. The van der Waals surface area contributed by atoms with Crippen LogP contribution in [0.15, 0.2) is 47.9 Å². The van der Waals surface area contributed by atoms with Gasteiger partial charge in [-0.25, -0.2) is 4.98 Å². The van der Waals surface area contributed by atoms with Crippen LogP contribution in [0.5, 0.6) is 0 Å². The van der Waals surface area contributed by atoms with Crippen molar-refractivity contribution in [2.45, 2.75) is 67.2 Å². The van der Waals surface area contributed by atoms with Crippen molar-refractivity contribution >= 4 is 17.1 Å². The van der Waals surface area contributed by atoms with Crippen molar-refractivity contribution in [3.63, 3.8) is 0 Å². The predicted octanol–water partition coefficient (Wildman–Crippen LogP) is 6.38. The van der Waals surface area contributed by atoms with E-state index in [-0.39, 0.29) is 0 Å². The number of hydrogen-bond donors (Lipinski definition) is 1. The van der Waals surface area contributed by atoms with Gasteiger partial charge in [0.25, 0.3) is 0 Å². The third-order valence-electron chi connectivity index (χ3n) is 4.83. The van der Waals surface area contributed by atoms with Crippen LogP contribution in [0.2, 0.25) is 0 Å². The predicted molar refractivity (Wildman–Crippen MR) is 143 cm³/mol. The van der Waals surface area contributed by atoms with Gasteiger partial charge < -0.3 is 10.2 Å². The quantitative estimate of drug-likeness (QED) is 0.154. The van der Waals surface area contributed by atoms with Crippen molar-refractivity contribution in [3.05, 3.63) is 59.3 Å². The van der Waals surface area contributed by atoms with Crippen LogP contribution in [0, 0.1) is 5.92 Å². The van der Waals surface area contributed by atoms with Crippen LogP contribution in [0.1, 0.15) is 78.6 Å². The zero-order chi connectivity index (χ0) is 24.5. The first-order chi connectivity index (χ1) is 16.0. The van der Waals surface area contributed by atoms with E-state index in [2.05, 4.69) is 78.8 Å². The minimum atomic E-state index is 0.424. The third kappa shape index (κ3) is 10.2. The Morgan fingerprint density at radius 3 is 2.48 bits per heavy atom. The van der Waals surface area contributed by atoms with Gasteiger partial charge >= 0.3 is 0 Å². The molecule has 5 heteroatoms. The summed E-state index contributed by atoms with van der Waals surface area (Å²) in [4.78, 5) is 7.30. The molecule has 0 aliphatic heterocycles. The second-order valence-electron chi connectivity index (χ2n) is 8.21. The van der Waals surface area contributed by atoms with Gasteiger partial charge in [0.2, 0.25) is 5.95 Å². The van der Waals surface area contributed by atoms with Crippen molar-refractivity contribution in [2.24, 2.45) is 5.92 Å². The first-order valence-corrected chi connectivity index (χ1v) is 12.3. The zero-order valence-electron chi connectivity index (χ0n) is 21.8. The highest BCUT2D eigenvalue weighted by molar-refractivity contribution is 5.80. The van der Waals surface area contributed by atoms with Crippen molar-refractivity contribution in [3.8, 4) is 0 Å². The standard InChI is InChI=1S/C28H43N5/c1-8-12-16-25(17-13-9-2)27-26(24(15-10-3)19-18-23(5)6)30-28(32-31-27)33(21-11-4)22-14-20-29-7/h8,10,12-13,18-19,23,29H,9,11,14,16,20-22H2,1-7H3/b12-8-,19-18-. The topological polar surface area (TPSA) is 53.9 Å². The molecule has 5 nitrogen and oxygen atoms in total. The number of rotatable bonds is 14. The second kappa shape index (κ2) is 16.9. The molecule has 0 aliphatic rings. The lowest BCUT2D eigenvalue weighted by atomic mass is 10.0. The van der Waals surface area contributed by atoms with E-state index in [1.165, 1.54) is 0 Å². The molecule has 0 radical (unpaired) electrons. The Kier molecular flexibility index (Phi) is 14.5. The van der Waals surface area contributed by atoms with Gasteiger partial charge in [0.15, 0.2) is 0 Å². The summed E-state index contributed by atoms with van der Waals surface area (Å²) in [5.74, 6) is 1.09. The first-order valence-electron chi connectivity index (χ1n) is 12.3. The number of allylic oxidation sites excluding steroid dienone is 6. The highest BCUT2D eigenvalue weighted by Crippen LogP contribution is 2.26. The highest BCUT2D eigenvalue weighted by atomic mass is 15.3. The highest BCUT2D eigenvalue weighted by Gasteiger charge is 2.18. The summed E-state index contributed by atoms with van der Waals surface area (Å²) < 4.78 is 0. The second-order valence-corrected chi connectivity index (χ2v) is 8.21. The van der Waals surface area contributed by atoms with Gasteiger partial charge in [0, 0.05) is 24.2 Å². The van der Waals surface area contributed by atoms with Crippen LogP contribution in [-0.2, 0) is 0 Å². The molecule has 0 bridgehead atoms. The van der Waals surface area contributed by atoms with Crippen LogP contribution in [0.4, 0.5) is 5.95 Å². The van der Waals surface area contributed by atoms with Crippen LogP contribution in [-0.4, -0.2) is 41.9 Å². The van der Waals surface area contributed by atoms with E-state index in [0.29, 0.717) is 11.9 Å². The normalized spacial score (nSPS) is 11.0. The molecule has 1 aromatic heterocycles. The largest absolute Gasteiger partial charge is 0.339 e. The van der Waals surface area contributed by atoms with Crippen molar-refractivity contribution in [1.29, 1.82) is 0 Å². The molecule has 0 aromatic carbocycles. The Morgan fingerprint density at radius 1 is 1.09 bits per heavy atom.